The summed E-state index contributed by atoms with van der Waals surface area (Å²) in [6.07, 6.45) is 3.68. The molecule has 6 heteroatoms. The van der Waals surface area contributed by atoms with E-state index in [1.54, 1.807) is 19.2 Å². The highest BCUT2D eigenvalue weighted by Gasteiger charge is 2.16. The molecule has 0 spiro atoms. The molecule has 0 atom stereocenters. The average Bonchev–Trinajstić information content (AvgIpc) is 2.82. The maximum atomic E-state index is 11.4. The Morgan fingerprint density at radius 2 is 2.20 bits per heavy atom. The fourth-order valence-corrected chi connectivity index (χ4v) is 3.18. The molecule has 20 heavy (non-hydrogen) atoms. The molecule has 0 saturated carbocycles. The number of aromatic nitrogens is 3. The van der Waals surface area contributed by atoms with Crippen molar-refractivity contribution in [2.24, 2.45) is 0 Å². The highest BCUT2D eigenvalue weighted by atomic mass is 32.2. The monoisotopic (exact) mass is 291 g/mol. The molecule has 0 bridgehead atoms. The van der Waals surface area contributed by atoms with Gasteiger partial charge in [0.2, 0.25) is 0 Å². The van der Waals surface area contributed by atoms with Gasteiger partial charge < -0.3 is 9.67 Å². The molecular weight excluding hydrogens is 274 g/mol. The molecule has 5 nitrogen and oxygen atoms in total. The van der Waals surface area contributed by atoms with Crippen LogP contribution in [0.1, 0.15) is 34.4 Å². The van der Waals surface area contributed by atoms with Crippen molar-refractivity contribution in [2.45, 2.75) is 38.1 Å². The Bertz CT molecular complexity index is 637. The number of aromatic carboxylic acids is 1. The molecule has 0 aliphatic rings. The first-order chi connectivity index (χ1) is 9.52. The van der Waals surface area contributed by atoms with E-state index < -0.39 is 5.97 Å². The van der Waals surface area contributed by atoms with Crippen LogP contribution in [0.4, 0.5) is 0 Å². The van der Waals surface area contributed by atoms with E-state index in [1.165, 1.54) is 11.8 Å². The summed E-state index contributed by atoms with van der Waals surface area (Å²) in [5.41, 5.74) is 1.86. The van der Waals surface area contributed by atoms with E-state index in [1.807, 2.05) is 24.6 Å². The van der Waals surface area contributed by atoms with E-state index >= 15 is 0 Å². The molecule has 106 valence electrons. The molecule has 0 amide bonds. The lowest BCUT2D eigenvalue weighted by molar-refractivity contribution is 0.0691. The van der Waals surface area contributed by atoms with Gasteiger partial charge in [-0.15, -0.1) is 0 Å². The summed E-state index contributed by atoms with van der Waals surface area (Å²) in [5.74, 6) is 0.600. The van der Waals surface area contributed by atoms with Gasteiger partial charge in [0.1, 0.15) is 10.9 Å². The first-order valence-electron chi connectivity index (χ1n) is 6.37. The number of rotatable bonds is 5. The smallest absolute Gasteiger partial charge is 0.338 e. The zero-order valence-corrected chi connectivity index (χ0v) is 12.6. The van der Waals surface area contributed by atoms with Crippen LogP contribution in [0.5, 0.6) is 0 Å². The molecule has 2 heterocycles. The van der Waals surface area contributed by atoms with Crippen molar-refractivity contribution in [1.82, 2.24) is 14.5 Å². The number of carboxylic acids is 1. The van der Waals surface area contributed by atoms with Crippen LogP contribution < -0.4 is 0 Å². The molecule has 1 N–H and O–H groups in total. The van der Waals surface area contributed by atoms with Crippen molar-refractivity contribution < 1.29 is 9.90 Å². The second-order valence-electron chi connectivity index (χ2n) is 4.48. The topological polar surface area (TPSA) is 68.0 Å². The fraction of sp³-hybridized carbons (Fsp3) is 0.357. The number of thioether (sulfide) groups is 1. The second-order valence-corrected chi connectivity index (χ2v) is 5.45. The second kappa shape index (κ2) is 6.09. The van der Waals surface area contributed by atoms with Crippen molar-refractivity contribution in [2.75, 3.05) is 0 Å². The molecule has 2 rings (SSSR count). The van der Waals surface area contributed by atoms with Gasteiger partial charge in [0.05, 0.1) is 11.3 Å². The Hall–Kier alpha value is -1.82. The largest absolute Gasteiger partial charge is 0.478 e. The highest BCUT2D eigenvalue weighted by Crippen LogP contribution is 2.26. The van der Waals surface area contributed by atoms with Crippen LogP contribution in [-0.4, -0.2) is 25.6 Å². The Morgan fingerprint density at radius 1 is 1.45 bits per heavy atom. The van der Waals surface area contributed by atoms with Gasteiger partial charge in [0.25, 0.3) is 0 Å². The van der Waals surface area contributed by atoms with Crippen LogP contribution in [0.25, 0.3) is 0 Å². The minimum absolute atomic E-state index is 0.287. The summed E-state index contributed by atoms with van der Waals surface area (Å²) in [6, 6.07) is 1.79. The van der Waals surface area contributed by atoms with Crippen LogP contribution in [0.2, 0.25) is 0 Å². The van der Waals surface area contributed by atoms with Crippen LogP contribution in [0.3, 0.4) is 0 Å². The number of hydrogen-bond donors (Lipinski definition) is 1. The number of carbonyl (C=O) groups is 1. The maximum absolute atomic E-state index is 11.4. The predicted molar refractivity (Wildman–Crippen MR) is 78.1 cm³/mol. The summed E-state index contributed by atoms with van der Waals surface area (Å²) in [4.78, 5) is 20.0. The quantitative estimate of drug-likeness (QED) is 0.858. The SMILES string of the molecule is CCn1ccnc1CSc1nc(C)cc(C)c1C(=O)O. The first kappa shape index (κ1) is 14.6. The number of imidazole rings is 1. The minimum Gasteiger partial charge on any atom is -0.478 e. The van der Waals surface area contributed by atoms with Crippen LogP contribution in [0, 0.1) is 13.8 Å². The van der Waals surface area contributed by atoms with Crippen LogP contribution >= 0.6 is 11.8 Å². The van der Waals surface area contributed by atoms with Gasteiger partial charge in [0, 0.05) is 24.6 Å². The molecule has 0 aliphatic carbocycles. The first-order valence-corrected chi connectivity index (χ1v) is 7.35. The normalized spacial score (nSPS) is 10.8. The zero-order chi connectivity index (χ0) is 14.7. The molecule has 0 fully saturated rings. The van der Waals surface area contributed by atoms with E-state index in [0.29, 0.717) is 10.8 Å². The van der Waals surface area contributed by atoms with Gasteiger partial charge in [-0.25, -0.2) is 14.8 Å². The van der Waals surface area contributed by atoms with Gasteiger partial charge in [0.15, 0.2) is 0 Å². The molecule has 2 aromatic heterocycles. The number of nitrogens with zero attached hydrogens (tertiary/aromatic N) is 3. The van der Waals surface area contributed by atoms with Crippen molar-refractivity contribution in [3.05, 3.63) is 41.1 Å². The Balaban J connectivity index is 2.27. The molecule has 0 aliphatic heterocycles. The lowest BCUT2D eigenvalue weighted by Crippen LogP contribution is -2.06. The third kappa shape index (κ3) is 3.01. The lowest BCUT2D eigenvalue weighted by Gasteiger charge is -2.09. The van der Waals surface area contributed by atoms with Gasteiger partial charge in [-0.1, -0.05) is 11.8 Å². The Labute approximate surface area is 122 Å². The van der Waals surface area contributed by atoms with Gasteiger partial charge in [-0.05, 0) is 32.4 Å². The van der Waals surface area contributed by atoms with E-state index in [-0.39, 0.29) is 5.56 Å². The number of hydrogen-bond acceptors (Lipinski definition) is 4. The minimum atomic E-state index is -0.934. The molecule has 0 unspecified atom stereocenters. The molecule has 0 saturated heterocycles. The Kier molecular flexibility index (Phi) is 4.44. The van der Waals surface area contributed by atoms with Crippen molar-refractivity contribution >= 4 is 17.7 Å². The molecule has 0 aromatic carbocycles. The molecule has 0 radical (unpaired) electrons. The Morgan fingerprint density at radius 3 is 2.85 bits per heavy atom. The van der Waals surface area contributed by atoms with E-state index in [4.69, 9.17) is 0 Å². The van der Waals surface area contributed by atoms with Gasteiger partial charge >= 0.3 is 5.97 Å². The summed E-state index contributed by atoms with van der Waals surface area (Å²) < 4.78 is 2.04. The van der Waals surface area contributed by atoms with E-state index in [2.05, 4.69) is 9.97 Å². The zero-order valence-electron chi connectivity index (χ0n) is 11.8. The average molecular weight is 291 g/mol. The fourth-order valence-electron chi connectivity index (χ4n) is 2.07. The third-order valence-electron chi connectivity index (χ3n) is 3.01. The summed E-state index contributed by atoms with van der Waals surface area (Å²) >= 11 is 1.42. The number of carboxylic acid groups (broad SMARTS) is 1. The summed E-state index contributed by atoms with van der Waals surface area (Å²) in [6.45, 7) is 6.57. The highest BCUT2D eigenvalue weighted by molar-refractivity contribution is 7.98. The van der Waals surface area contributed by atoms with Crippen molar-refractivity contribution in [3.63, 3.8) is 0 Å². The third-order valence-corrected chi connectivity index (χ3v) is 3.98. The summed E-state index contributed by atoms with van der Waals surface area (Å²) in [7, 11) is 0. The van der Waals surface area contributed by atoms with Crippen LogP contribution in [-0.2, 0) is 12.3 Å². The van der Waals surface area contributed by atoms with Gasteiger partial charge in [-0.2, -0.15) is 0 Å². The van der Waals surface area contributed by atoms with E-state index in [0.717, 1.165) is 23.6 Å². The standard InChI is InChI=1S/C14H17N3O2S/c1-4-17-6-5-15-11(17)8-20-13-12(14(18)19)9(2)7-10(3)16-13/h5-7H,4,8H2,1-3H3,(H,18,19). The van der Waals surface area contributed by atoms with Crippen molar-refractivity contribution in [3.8, 4) is 0 Å². The van der Waals surface area contributed by atoms with Gasteiger partial charge in [-0.3, -0.25) is 0 Å². The maximum Gasteiger partial charge on any atom is 0.338 e. The number of aryl methyl sites for hydroxylation is 3. The molecule has 2 aromatic rings. The summed E-state index contributed by atoms with van der Waals surface area (Å²) in [5, 5.41) is 9.88. The lowest BCUT2D eigenvalue weighted by atomic mass is 10.1. The van der Waals surface area contributed by atoms with Crippen molar-refractivity contribution in [1.29, 1.82) is 0 Å². The predicted octanol–water partition coefficient (Wildman–Crippen LogP) is 2.91. The molecular formula is C14H17N3O2S. The van der Waals surface area contributed by atoms with E-state index in [9.17, 15) is 9.90 Å². The number of pyridine rings is 1. The van der Waals surface area contributed by atoms with Crippen LogP contribution in [0.15, 0.2) is 23.5 Å².